The molecular weight excluding hydrogens is 300 g/mol. The third-order valence-corrected chi connectivity index (χ3v) is 4.48. The Morgan fingerprint density at radius 3 is 2.88 bits per heavy atom. The van der Waals surface area contributed by atoms with Gasteiger partial charge in [0.25, 0.3) is 0 Å². The zero-order chi connectivity index (χ0) is 12.3. The topological polar surface area (TPSA) is 34.2 Å². The van der Waals surface area contributed by atoms with Crippen molar-refractivity contribution in [2.24, 2.45) is 0 Å². The van der Waals surface area contributed by atoms with Gasteiger partial charge in [-0.3, -0.25) is 4.98 Å². The van der Waals surface area contributed by atoms with Crippen LogP contribution in [0.3, 0.4) is 0 Å². The van der Waals surface area contributed by atoms with E-state index in [-0.39, 0.29) is 6.04 Å². The molecule has 0 aliphatic carbocycles. The summed E-state index contributed by atoms with van der Waals surface area (Å²) in [6, 6.07) is 4.15. The van der Waals surface area contributed by atoms with Crippen LogP contribution in [0.1, 0.15) is 16.5 Å². The molecule has 2 aromatic rings. The van der Waals surface area contributed by atoms with Crippen LogP contribution in [-0.2, 0) is 0 Å². The number of rotatable bonds is 4. The number of nitrogens with one attached hydrogen (secondary N) is 1. The third kappa shape index (κ3) is 2.51. The van der Waals surface area contributed by atoms with E-state index in [2.05, 4.69) is 37.7 Å². The fourth-order valence-corrected chi connectivity index (χ4v) is 3.47. The number of nitrogens with zero attached hydrogens (tertiary/aromatic N) is 1. The molecule has 2 heterocycles. The normalized spacial score (nSPS) is 12.4. The Hall–Kier alpha value is -0.910. The summed E-state index contributed by atoms with van der Waals surface area (Å²) in [4.78, 5) is 5.31. The second-order valence-corrected chi connectivity index (χ2v) is 5.27. The molecule has 3 nitrogen and oxygen atoms in total. The highest BCUT2D eigenvalue weighted by atomic mass is 79.9. The van der Waals surface area contributed by atoms with E-state index in [0.717, 1.165) is 15.8 Å². The molecule has 1 unspecified atom stereocenters. The first-order valence-corrected chi connectivity index (χ1v) is 6.83. The maximum Gasteiger partial charge on any atom is 0.142 e. The monoisotopic (exact) mass is 312 g/mol. The average molecular weight is 313 g/mol. The number of ether oxygens (including phenoxy) is 1. The Kier molecular flexibility index (Phi) is 4.15. The van der Waals surface area contributed by atoms with Crippen LogP contribution in [0.25, 0.3) is 0 Å². The van der Waals surface area contributed by atoms with Crippen LogP contribution >= 0.6 is 27.3 Å². The number of hydrogen-bond donors (Lipinski definition) is 1. The molecule has 2 aromatic heterocycles. The van der Waals surface area contributed by atoms with E-state index in [1.54, 1.807) is 30.8 Å². The third-order valence-electron chi connectivity index (χ3n) is 2.54. The molecule has 0 bridgehead atoms. The molecule has 0 radical (unpaired) electrons. The number of thiophene rings is 1. The number of hydrogen-bond acceptors (Lipinski definition) is 4. The molecule has 0 aromatic carbocycles. The minimum Gasteiger partial charge on any atom is -0.495 e. The standard InChI is InChI=1S/C12H13BrN2OS/c1-14-11(12-9(13)4-6-17-12)8-3-5-15-7-10(8)16-2/h3-7,11,14H,1-2H3. The van der Waals surface area contributed by atoms with E-state index in [1.807, 2.05) is 13.1 Å². The summed E-state index contributed by atoms with van der Waals surface area (Å²) in [5, 5.41) is 5.38. The SMILES string of the molecule is CNC(c1ccncc1OC)c1sccc1Br. The van der Waals surface area contributed by atoms with Crippen molar-refractivity contribution in [3.8, 4) is 5.75 Å². The second-order valence-electron chi connectivity index (χ2n) is 3.47. The van der Waals surface area contributed by atoms with Crippen molar-refractivity contribution in [2.75, 3.05) is 14.2 Å². The van der Waals surface area contributed by atoms with Crippen LogP contribution in [0.4, 0.5) is 0 Å². The summed E-state index contributed by atoms with van der Waals surface area (Å²) in [5.74, 6) is 0.798. The summed E-state index contributed by atoms with van der Waals surface area (Å²) in [7, 11) is 3.60. The van der Waals surface area contributed by atoms with E-state index in [0.29, 0.717) is 0 Å². The number of pyridine rings is 1. The van der Waals surface area contributed by atoms with Crippen LogP contribution in [0.2, 0.25) is 0 Å². The van der Waals surface area contributed by atoms with Gasteiger partial charge in [0.1, 0.15) is 5.75 Å². The lowest BCUT2D eigenvalue weighted by Crippen LogP contribution is -2.17. The average Bonchev–Trinajstić information content (AvgIpc) is 2.78. The summed E-state index contributed by atoms with van der Waals surface area (Å²) >= 11 is 5.28. The molecule has 5 heteroatoms. The molecule has 1 N–H and O–H groups in total. The predicted octanol–water partition coefficient (Wildman–Crippen LogP) is 3.22. The first-order chi connectivity index (χ1) is 8.27. The van der Waals surface area contributed by atoms with Gasteiger partial charge in [0.2, 0.25) is 0 Å². The smallest absolute Gasteiger partial charge is 0.142 e. The molecule has 0 aliphatic rings. The molecule has 0 amide bonds. The summed E-state index contributed by atoms with van der Waals surface area (Å²) in [6.07, 6.45) is 3.52. The van der Waals surface area contributed by atoms with Gasteiger partial charge in [0.05, 0.1) is 19.3 Å². The van der Waals surface area contributed by atoms with Crippen molar-refractivity contribution in [3.63, 3.8) is 0 Å². The molecule has 0 spiro atoms. The van der Waals surface area contributed by atoms with Crippen LogP contribution < -0.4 is 10.1 Å². The first-order valence-electron chi connectivity index (χ1n) is 5.16. The molecule has 0 saturated heterocycles. The van der Waals surface area contributed by atoms with Gasteiger partial charge in [0, 0.05) is 21.1 Å². The number of aromatic nitrogens is 1. The quantitative estimate of drug-likeness (QED) is 0.941. The Balaban J connectivity index is 2.46. The van der Waals surface area contributed by atoms with Crippen LogP contribution in [0.15, 0.2) is 34.4 Å². The molecular formula is C12H13BrN2OS. The highest BCUT2D eigenvalue weighted by Gasteiger charge is 2.19. The van der Waals surface area contributed by atoms with Crippen molar-refractivity contribution < 1.29 is 4.74 Å². The number of methoxy groups -OCH3 is 1. The Morgan fingerprint density at radius 1 is 1.47 bits per heavy atom. The Morgan fingerprint density at radius 2 is 2.29 bits per heavy atom. The van der Waals surface area contributed by atoms with Gasteiger partial charge in [-0.1, -0.05) is 0 Å². The van der Waals surface area contributed by atoms with Crippen molar-refractivity contribution >= 4 is 27.3 Å². The van der Waals surface area contributed by atoms with Gasteiger partial charge < -0.3 is 10.1 Å². The summed E-state index contributed by atoms with van der Waals surface area (Å²) in [6.45, 7) is 0. The fourth-order valence-electron chi connectivity index (χ4n) is 1.74. The van der Waals surface area contributed by atoms with Gasteiger partial charge in [-0.15, -0.1) is 11.3 Å². The van der Waals surface area contributed by atoms with E-state index in [1.165, 1.54) is 4.88 Å². The first kappa shape index (κ1) is 12.5. The van der Waals surface area contributed by atoms with Crippen LogP contribution in [-0.4, -0.2) is 19.1 Å². The molecule has 0 saturated carbocycles. The highest BCUT2D eigenvalue weighted by molar-refractivity contribution is 9.10. The van der Waals surface area contributed by atoms with Gasteiger partial charge in [-0.05, 0) is 40.5 Å². The number of halogens is 1. The van der Waals surface area contributed by atoms with Crippen molar-refractivity contribution in [2.45, 2.75) is 6.04 Å². The van der Waals surface area contributed by atoms with Gasteiger partial charge >= 0.3 is 0 Å². The molecule has 90 valence electrons. The van der Waals surface area contributed by atoms with Crippen LogP contribution in [0, 0.1) is 0 Å². The van der Waals surface area contributed by atoms with E-state index in [4.69, 9.17) is 4.74 Å². The Labute approximate surface area is 113 Å². The lowest BCUT2D eigenvalue weighted by Gasteiger charge is -2.18. The van der Waals surface area contributed by atoms with Crippen LogP contribution in [0.5, 0.6) is 5.75 Å². The minimum atomic E-state index is 0.113. The Bertz CT molecular complexity index is 501. The van der Waals surface area contributed by atoms with E-state index < -0.39 is 0 Å². The van der Waals surface area contributed by atoms with Gasteiger partial charge in [-0.25, -0.2) is 0 Å². The zero-order valence-corrected chi connectivity index (χ0v) is 12.0. The molecule has 17 heavy (non-hydrogen) atoms. The predicted molar refractivity (Wildman–Crippen MR) is 73.7 cm³/mol. The lowest BCUT2D eigenvalue weighted by atomic mass is 10.1. The maximum atomic E-state index is 5.35. The lowest BCUT2D eigenvalue weighted by molar-refractivity contribution is 0.403. The van der Waals surface area contributed by atoms with Gasteiger partial charge in [-0.2, -0.15) is 0 Å². The van der Waals surface area contributed by atoms with Gasteiger partial charge in [0.15, 0.2) is 0 Å². The highest BCUT2D eigenvalue weighted by Crippen LogP contribution is 2.36. The molecule has 2 rings (SSSR count). The minimum absolute atomic E-state index is 0.113. The fraction of sp³-hybridized carbons (Fsp3) is 0.250. The maximum absolute atomic E-state index is 5.35. The largest absolute Gasteiger partial charge is 0.495 e. The summed E-state index contributed by atoms with van der Waals surface area (Å²) < 4.78 is 6.46. The van der Waals surface area contributed by atoms with Crippen molar-refractivity contribution in [3.05, 3.63) is 44.8 Å². The van der Waals surface area contributed by atoms with Crippen molar-refractivity contribution in [1.29, 1.82) is 0 Å². The van der Waals surface area contributed by atoms with E-state index >= 15 is 0 Å². The van der Waals surface area contributed by atoms with E-state index in [9.17, 15) is 0 Å². The molecule has 0 aliphatic heterocycles. The van der Waals surface area contributed by atoms with Crippen molar-refractivity contribution in [1.82, 2.24) is 10.3 Å². The second kappa shape index (κ2) is 5.62. The summed E-state index contributed by atoms with van der Waals surface area (Å²) in [5.41, 5.74) is 1.09. The molecule has 0 fully saturated rings. The molecule has 1 atom stereocenters. The zero-order valence-electron chi connectivity index (χ0n) is 9.61.